The second-order valence-corrected chi connectivity index (χ2v) is 8.68. The highest BCUT2D eigenvalue weighted by atomic mass is 79.9. The largest absolute Gasteiger partial charge is 0.497 e. The van der Waals surface area contributed by atoms with Gasteiger partial charge in [-0.3, -0.25) is 4.79 Å². The van der Waals surface area contributed by atoms with Crippen molar-refractivity contribution in [2.24, 2.45) is 5.10 Å². The molecule has 7 heteroatoms. The van der Waals surface area contributed by atoms with Gasteiger partial charge in [-0.15, -0.1) is 0 Å². The van der Waals surface area contributed by atoms with Crippen LogP contribution in [-0.2, 0) is 10.5 Å². The van der Waals surface area contributed by atoms with E-state index in [1.807, 2.05) is 71.7 Å². The minimum Gasteiger partial charge on any atom is -0.497 e. The lowest BCUT2D eigenvalue weighted by atomic mass is 9.92. The lowest BCUT2D eigenvalue weighted by molar-refractivity contribution is -0.161. The molecule has 3 aliphatic heterocycles. The molecule has 0 bridgehead atoms. The Morgan fingerprint density at radius 3 is 2.77 bits per heavy atom. The summed E-state index contributed by atoms with van der Waals surface area (Å²) in [6.45, 7) is 0. The summed E-state index contributed by atoms with van der Waals surface area (Å²) < 4.78 is 12.6. The molecule has 0 saturated carbocycles. The zero-order valence-corrected chi connectivity index (χ0v) is 18.2. The Kier molecular flexibility index (Phi) is 3.92. The number of fused-ring (bicyclic) bond motifs is 6. The van der Waals surface area contributed by atoms with Crippen LogP contribution in [0.25, 0.3) is 0 Å². The van der Waals surface area contributed by atoms with Crippen LogP contribution in [0, 0.1) is 0 Å². The first-order chi connectivity index (χ1) is 15.1. The summed E-state index contributed by atoms with van der Waals surface area (Å²) in [4.78, 5) is 13.4. The Balaban J connectivity index is 1.54. The number of hydrazone groups is 1. The van der Waals surface area contributed by atoms with Gasteiger partial charge in [0.2, 0.25) is 0 Å². The molecule has 0 unspecified atom stereocenters. The maximum absolute atomic E-state index is 13.4. The molecule has 1 amide bonds. The number of para-hydroxylation sites is 1. The molecule has 0 fully saturated rings. The number of anilines is 1. The number of halogens is 1. The van der Waals surface area contributed by atoms with Gasteiger partial charge in [0.25, 0.3) is 5.91 Å². The summed E-state index contributed by atoms with van der Waals surface area (Å²) in [7, 11) is 1.65. The van der Waals surface area contributed by atoms with E-state index in [9.17, 15) is 4.79 Å². The topological polar surface area (TPSA) is 63.2 Å². The van der Waals surface area contributed by atoms with Gasteiger partial charge >= 0.3 is 5.72 Å². The molecule has 0 aromatic heterocycles. The first-order valence-corrected chi connectivity index (χ1v) is 10.8. The Bertz CT molecular complexity index is 1260. The van der Waals surface area contributed by atoms with Gasteiger partial charge in [-0.25, -0.2) is 5.01 Å². The summed E-state index contributed by atoms with van der Waals surface area (Å²) >= 11 is 3.54. The summed E-state index contributed by atoms with van der Waals surface area (Å²) in [5.74, 6) is 1.26. The predicted molar refractivity (Wildman–Crippen MR) is 120 cm³/mol. The van der Waals surface area contributed by atoms with E-state index in [1.165, 1.54) is 0 Å². The average Bonchev–Trinajstić information content (AvgIpc) is 3.35. The molecule has 154 valence electrons. The highest BCUT2D eigenvalue weighted by molar-refractivity contribution is 9.10. The van der Waals surface area contributed by atoms with E-state index < -0.39 is 5.72 Å². The SMILES string of the molecule is COc1ccc(C2=NN3[C@H](C2)c2ccccc2O[C@@]32C(=O)Nc3ccc(Br)cc32)cc1. The van der Waals surface area contributed by atoms with Crippen molar-refractivity contribution in [3.63, 3.8) is 0 Å². The third kappa shape index (κ3) is 2.56. The Morgan fingerprint density at radius 1 is 1.16 bits per heavy atom. The van der Waals surface area contributed by atoms with E-state index in [0.717, 1.165) is 38.3 Å². The molecule has 6 nitrogen and oxygen atoms in total. The van der Waals surface area contributed by atoms with Crippen molar-refractivity contribution in [3.05, 3.63) is 87.9 Å². The van der Waals surface area contributed by atoms with E-state index in [2.05, 4.69) is 21.2 Å². The molecule has 1 N–H and O–H groups in total. The Labute approximate surface area is 187 Å². The molecule has 0 radical (unpaired) electrons. The van der Waals surface area contributed by atoms with Crippen molar-refractivity contribution < 1.29 is 14.3 Å². The number of nitrogens with zero attached hydrogens (tertiary/aromatic N) is 2. The number of carbonyl (C=O) groups excluding carboxylic acids is 1. The number of benzene rings is 3. The van der Waals surface area contributed by atoms with Crippen LogP contribution in [0.4, 0.5) is 5.69 Å². The lowest BCUT2D eigenvalue weighted by Crippen LogP contribution is -2.55. The van der Waals surface area contributed by atoms with Crippen LogP contribution in [0.2, 0.25) is 0 Å². The normalized spacial score (nSPS) is 22.9. The van der Waals surface area contributed by atoms with Crippen molar-refractivity contribution in [1.29, 1.82) is 0 Å². The lowest BCUT2D eigenvalue weighted by Gasteiger charge is -2.44. The fraction of sp³-hybridized carbons (Fsp3) is 0.167. The molecule has 1 spiro atoms. The first kappa shape index (κ1) is 18.4. The fourth-order valence-corrected chi connectivity index (χ4v) is 4.98. The van der Waals surface area contributed by atoms with Crippen molar-refractivity contribution in [3.8, 4) is 11.5 Å². The zero-order valence-electron chi connectivity index (χ0n) is 16.6. The molecule has 0 saturated heterocycles. The number of methoxy groups -OCH3 is 1. The standard InChI is InChI=1S/C24H18BrN3O3/c1-30-16-9-6-14(7-10-16)20-13-21-17-4-2-3-5-22(17)31-24(28(21)27-20)18-12-15(25)8-11-19(18)26-23(24)29/h2-12,21H,13H2,1H3,(H,26,29)/t21-,24+/m1/s1. The first-order valence-electron chi connectivity index (χ1n) is 10.0. The second kappa shape index (κ2) is 6.59. The van der Waals surface area contributed by atoms with Crippen LogP contribution in [0.1, 0.15) is 29.2 Å². The summed E-state index contributed by atoms with van der Waals surface area (Å²) in [5, 5.41) is 9.78. The number of carbonyl (C=O) groups is 1. The minimum atomic E-state index is -1.35. The number of hydrogen-bond acceptors (Lipinski definition) is 5. The number of amides is 1. The molecule has 2 atom stereocenters. The molecular formula is C24H18BrN3O3. The number of rotatable bonds is 2. The van der Waals surface area contributed by atoms with Crippen molar-refractivity contribution >= 4 is 33.2 Å². The number of ether oxygens (including phenoxy) is 2. The monoisotopic (exact) mass is 475 g/mol. The van der Waals surface area contributed by atoms with E-state index >= 15 is 0 Å². The van der Waals surface area contributed by atoms with E-state index in [1.54, 1.807) is 7.11 Å². The van der Waals surface area contributed by atoms with Gasteiger partial charge in [0.15, 0.2) is 0 Å². The zero-order chi connectivity index (χ0) is 21.2. The summed E-state index contributed by atoms with van der Waals surface area (Å²) in [6, 6.07) is 21.3. The fourth-order valence-electron chi connectivity index (χ4n) is 4.62. The minimum absolute atomic E-state index is 0.113. The van der Waals surface area contributed by atoms with Crippen LogP contribution in [0.5, 0.6) is 11.5 Å². The highest BCUT2D eigenvalue weighted by Gasteiger charge is 2.60. The molecule has 3 aromatic rings. The van der Waals surface area contributed by atoms with Gasteiger partial charge < -0.3 is 14.8 Å². The van der Waals surface area contributed by atoms with E-state index in [-0.39, 0.29) is 11.9 Å². The molecular weight excluding hydrogens is 458 g/mol. The van der Waals surface area contributed by atoms with E-state index in [4.69, 9.17) is 14.6 Å². The van der Waals surface area contributed by atoms with Gasteiger partial charge in [-0.1, -0.05) is 34.1 Å². The maximum atomic E-state index is 13.4. The molecule has 0 aliphatic carbocycles. The highest BCUT2D eigenvalue weighted by Crippen LogP contribution is 2.54. The van der Waals surface area contributed by atoms with Crippen LogP contribution in [-0.4, -0.2) is 23.7 Å². The Morgan fingerprint density at radius 2 is 1.97 bits per heavy atom. The number of hydrogen-bond donors (Lipinski definition) is 1. The van der Waals surface area contributed by atoms with E-state index in [0.29, 0.717) is 12.2 Å². The Hall–Kier alpha value is -3.32. The third-order valence-corrected chi connectivity index (χ3v) is 6.59. The summed E-state index contributed by atoms with van der Waals surface area (Å²) in [5.41, 5.74) is 3.06. The molecule has 31 heavy (non-hydrogen) atoms. The van der Waals surface area contributed by atoms with Gasteiger partial charge in [0.1, 0.15) is 11.5 Å². The van der Waals surface area contributed by atoms with Crippen LogP contribution in [0.3, 0.4) is 0 Å². The van der Waals surface area contributed by atoms with Crippen molar-refractivity contribution in [1.82, 2.24) is 5.01 Å². The van der Waals surface area contributed by atoms with Crippen molar-refractivity contribution in [2.75, 3.05) is 12.4 Å². The number of nitrogens with one attached hydrogen (secondary N) is 1. The van der Waals surface area contributed by atoms with Gasteiger partial charge in [-0.2, -0.15) is 5.10 Å². The third-order valence-electron chi connectivity index (χ3n) is 6.09. The van der Waals surface area contributed by atoms with Gasteiger partial charge in [-0.05, 0) is 54.1 Å². The molecule has 3 heterocycles. The molecule has 3 aromatic carbocycles. The van der Waals surface area contributed by atoms with Crippen LogP contribution < -0.4 is 14.8 Å². The second-order valence-electron chi connectivity index (χ2n) is 7.77. The smallest absolute Gasteiger partial charge is 0.306 e. The summed E-state index contributed by atoms with van der Waals surface area (Å²) in [6.07, 6.45) is 0.672. The predicted octanol–water partition coefficient (Wildman–Crippen LogP) is 4.81. The average molecular weight is 476 g/mol. The van der Waals surface area contributed by atoms with Gasteiger partial charge in [0, 0.05) is 16.5 Å². The molecule has 3 aliphatic rings. The molecule has 6 rings (SSSR count). The van der Waals surface area contributed by atoms with Crippen LogP contribution >= 0.6 is 15.9 Å². The maximum Gasteiger partial charge on any atom is 0.306 e. The van der Waals surface area contributed by atoms with Crippen LogP contribution in [0.15, 0.2) is 76.3 Å². The van der Waals surface area contributed by atoms with Gasteiger partial charge in [0.05, 0.1) is 30.1 Å². The quantitative estimate of drug-likeness (QED) is 0.577. The van der Waals surface area contributed by atoms with Crippen molar-refractivity contribution in [2.45, 2.75) is 18.2 Å².